The lowest BCUT2D eigenvalue weighted by molar-refractivity contribution is -0.870. The predicted molar refractivity (Wildman–Crippen MR) is 367 cm³/mol. The predicted octanol–water partition coefficient (Wildman–Crippen LogP) is 23.4. The summed E-state index contributed by atoms with van der Waals surface area (Å²) in [6.07, 6.45) is 88.8. The molecule has 0 radical (unpaired) electrons. The Morgan fingerprint density at radius 2 is 0.667 bits per heavy atom. The molecular weight excluding hydrogens is 1060 g/mol. The van der Waals surface area contributed by atoms with Crippen molar-refractivity contribution in [2.45, 2.75) is 398 Å². The van der Waals surface area contributed by atoms with E-state index in [1.807, 2.05) is 27.2 Å². The van der Waals surface area contributed by atoms with Crippen LogP contribution in [0.2, 0.25) is 0 Å². The monoisotopic (exact) mass is 1200 g/mol. The van der Waals surface area contributed by atoms with Gasteiger partial charge >= 0.3 is 0 Å². The van der Waals surface area contributed by atoms with Crippen molar-refractivity contribution in [2.24, 2.45) is 0 Å². The van der Waals surface area contributed by atoms with Crippen LogP contribution in [0.4, 0.5) is 0 Å². The first-order valence-electron chi connectivity index (χ1n) is 37.4. The van der Waals surface area contributed by atoms with Gasteiger partial charge in [-0.05, 0) is 44.9 Å². The molecule has 0 heterocycles. The summed E-state index contributed by atoms with van der Waals surface area (Å²) in [5.41, 5.74) is 0. The third-order valence-electron chi connectivity index (χ3n) is 17.3. The highest BCUT2D eigenvalue weighted by Gasteiger charge is 2.23. The molecule has 0 aromatic rings. The molecule has 0 aliphatic rings. The van der Waals surface area contributed by atoms with Crippen molar-refractivity contribution in [1.82, 2.24) is 5.32 Å². The molecule has 3 unspecified atom stereocenters. The van der Waals surface area contributed by atoms with Gasteiger partial charge in [0.15, 0.2) is 0 Å². The summed E-state index contributed by atoms with van der Waals surface area (Å²) in [5.74, 6) is -0.203. The molecule has 0 aromatic heterocycles. The number of hydrogen-bond acceptors (Lipinski definition) is 6. The van der Waals surface area contributed by atoms with E-state index in [1.54, 1.807) is 6.08 Å². The van der Waals surface area contributed by atoms with E-state index in [0.29, 0.717) is 17.4 Å². The zero-order valence-corrected chi connectivity index (χ0v) is 58.0. The zero-order valence-electron chi connectivity index (χ0n) is 57.1. The number of hydrogen-bond donors (Lipinski definition) is 2. The van der Waals surface area contributed by atoms with Gasteiger partial charge in [-0.15, -0.1) is 0 Å². The Hall–Kier alpha value is -1.28. The van der Waals surface area contributed by atoms with Crippen molar-refractivity contribution >= 4 is 13.7 Å². The van der Waals surface area contributed by atoms with Crippen LogP contribution in [0.25, 0.3) is 0 Å². The molecule has 0 aliphatic carbocycles. The fraction of sp³-hybridized carbons (Fsp3) is 0.907. The maximum Gasteiger partial charge on any atom is 0.268 e. The molecule has 0 spiro atoms. The molecule has 0 aliphatic heterocycles. The number of rotatable bonds is 70. The third-order valence-corrected chi connectivity index (χ3v) is 18.3. The number of likely N-dealkylation sites (N-methyl/N-ethyl adjacent to an activating group) is 1. The van der Waals surface area contributed by atoms with Gasteiger partial charge in [0.25, 0.3) is 7.82 Å². The molecular formula is C75H147N2O6P. The molecule has 3 atom stereocenters. The van der Waals surface area contributed by atoms with Crippen molar-refractivity contribution in [2.75, 3.05) is 40.9 Å². The summed E-state index contributed by atoms with van der Waals surface area (Å²) in [7, 11) is 1.25. The quantitative estimate of drug-likeness (QED) is 0.0272. The summed E-state index contributed by atoms with van der Waals surface area (Å²) in [5, 5.41) is 13.9. The van der Waals surface area contributed by atoms with Gasteiger partial charge < -0.3 is 28.8 Å². The summed E-state index contributed by atoms with van der Waals surface area (Å²) >= 11 is 0. The number of carbonyl (C=O) groups excluding carboxylic acids is 1. The molecule has 0 saturated heterocycles. The number of unbranched alkanes of at least 4 members (excludes halogenated alkanes) is 53. The number of nitrogens with zero attached hydrogens (tertiary/aromatic N) is 1. The van der Waals surface area contributed by atoms with Gasteiger partial charge in [-0.3, -0.25) is 9.36 Å². The highest BCUT2D eigenvalue weighted by molar-refractivity contribution is 7.45. The van der Waals surface area contributed by atoms with E-state index in [-0.39, 0.29) is 12.5 Å². The van der Waals surface area contributed by atoms with Gasteiger partial charge in [0.1, 0.15) is 13.2 Å². The lowest BCUT2D eigenvalue weighted by Gasteiger charge is -2.29. The largest absolute Gasteiger partial charge is 0.756 e. The van der Waals surface area contributed by atoms with E-state index >= 15 is 0 Å². The number of phosphoric ester groups is 1. The number of phosphoric acid groups is 1. The maximum absolute atomic E-state index is 13.0. The van der Waals surface area contributed by atoms with Gasteiger partial charge in [0, 0.05) is 6.42 Å². The first-order valence-corrected chi connectivity index (χ1v) is 38.8. The fourth-order valence-electron chi connectivity index (χ4n) is 11.5. The number of aliphatic hydroxyl groups is 1. The number of aliphatic hydroxyl groups excluding tert-OH is 1. The van der Waals surface area contributed by atoms with Crippen LogP contribution in [-0.4, -0.2) is 68.5 Å². The smallest absolute Gasteiger partial charge is 0.268 e. The molecule has 1 amide bonds. The molecule has 2 N–H and O–H groups in total. The molecule has 0 bridgehead atoms. The van der Waals surface area contributed by atoms with E-state index in [2.05, 4.69) is 43.5 Å². The Balaban J connectivity index is 3.96. The zero-order chi connectivity index (χ0) is 61.2. The van der Waals surface area contributed by atoms with E-state index in [1.165, 1.54) is 321 Å². The SMILES string of the molecule is CCCCCCCCCCCCCCC/C=C/CC/C=C/CC/C=C/C(O)C(COP(=O)([O-])OCC[N+](C)(C)C)NC(=O)CCCCCCCCCCCCCCCCCCCCCCCCCCCCCCCCCCCCCCCCC. The summed E-state index contributed by atoms with van der Waals surface area (Å²) in [6, 6.07) is -0.909. The lowest BCUT2D eigenvalue weighted by Crippen LogP contribution is -2.45. The Kier molecular flexibility index (Phi) is 65.1. The average Bonchev–Trinajstić information content (AvgIpc) is 3.56. The van der Waals surface area contributed by atoms with Crippen LogP contribution in [0, 0.1) is 0 Å². The minimum absolute atomic E-state index is 0.00708. The molecule has 498 valence electrons. The van der Waals surface area contributed by atoms with E-state index in [9.17, 15) is 19.4 Å². The molecule has 0 rings (SSSR count). The molecule has 84 heavy (non-hydrogen) atoms. The molecule has 9 heteroatoms. The molecule has 0 fully saturated rings. The summed E-state index contributed by atoms with van der Waals surface area (Å²) in [6.45, 7) is 4.68. The van der Waals surface area contributed by atoms with Crippen molar-refractivity contribution in [3.8, 4) is 0 Å². The maximum atomic E-state index is 13.0. The topological polar surface area (TPSA) is 108 Å². The molecule has 0 aromatic carbocycles. The minimum atomic E-state index is -4.61. The third kappa shape index (κ3) is 68.2. The number of allylic oxidation sites excluding steroid dienone is 5. The van der Waals surface area contributed by atoms with Crippen LogP contribution >= 0.6 is 7.82 Å². The number of quaternary nitrogens is 1. The van der Waals surface area contributed by atoms with Crippen LogP contribution in [0.15, 0.2) is 36.5 Å². The van der Waals surface area contributed by atoms with Crippen molar-refractivity contribution in [3.63, 3.8) is 0 Å². The highest BCUT2D eigenvalue weighted by Crippen LogP contribution is 2.38. The van der Waals surface area contributed by atoms with Crippen LogP contribution in [0.5, 0.6) is 0 Å². The molecule has 8 nitrogen and oxygen atoms in total. The van der Waals surface area contributed by atoms with Crippen LogP contribution in [0.3, 0.4) is 0 Å². The van der Waals surface area contributed by atoms with Crippen LogP contribution in [-0.2, 0) is 18.4 Å². The second kappa shape index (κ2) is 66.1. The second-order valence-corrected chi connectivity index (χ2v) is 28.4. The normalized spacial score (nSPS) is 13.8. The fourth-order valence-corrected chi connectivity index (χ4v) is 12.3. The van der Waals surface area contributed by atoms with Crippen LogP contribution < -0.4 is 10.2 Å². The first-order chi connectivity index (χ1) is 41.0. The highest BCUT2D eigenvalue weighted by atomic mass is 31.2. The van der Waals surface area contributed by atoms with Crippen LogP contribution in [0.1, 0.15) is 386 Å². The average molecular weight is 1200 g/mol. The summed E-state index contributed by atoms with van der Waals surface area (Å²) < 4.78 is 23.4. The second-order valence-electron chi connectivity index (χ2n) is 27.0. The number of carbonyl (C=O) groups is 1. The Bertz CT molecular complexity index is 1460. The van der Waals surface area contributed by atoms with Gasteiger partial charge in [-0.2, -0.15) is 0 Å². The van der Waals surface area contributed by atoms with Gasteiger partial charge in [0.2, 0.25) is 5.91 Å². The Labute approximate surface area is 525 Å². The Morgan fingerprint density at radius 1 is 0.405 bits per heavy atom. The minimum Gasteiger partial charge on any atom is -0.756 e. The number of amides is 1. The van der Waals surface area contributed by atoms with Crippen molar-refractivity contribution in [1.29, 1.82) is 0 Å². The van der Waals surface area contributed by atoms with Crippen molar-refractivity contribution < 1.29 is 32.9 Å². The van der Waals surface area contributed by atoms with E-state index < -0.39 is 26.6 Å². The first kappa shape index (κ1) is 82.7. The van der Waals surface area contributed by atoms with Gasteiger partial charge in [-0.25, -0.2) is 0 Å². The standard InChI is InChI=1S/C75H147N2O6P/c1-6-8-10-12-14-16-18-20-22-24-26-28-30-31-32-33-34-35-36-37-38-39-40-41-42-43-44-45-47-49-51-53-55-57-59-61-63-65-67-69-75(79)76-73(72-83-84(80,81)82-71-70-77(3,4)5)74(78)68-66-64-62-60-58-56-54-52-50-48-46-29-27-25-23-21-19-17-15-13-11-9-7-2/h50,52,58,60,66,68,73-74,78H,6-49,51,53-57,59,61-65,67,69-72H2,1-5H3,(H-,76,79,80,81)/b52-50+,60-58+,68-66+. The van der Waals surface area contributed by atoms with Gasteiger partial charge in [-0.1, -0.05) is 371 Å². The number of nitrogens with one attached hydrogen (secondary N) is 1. The van der Waals surface area contributed by atoms with E-state index in [4.69, 9.17) is 9.05 Å². The van der Waals surface area contributed by atoms with Crippen molar-refractivity contribution in [3.05, 3.63) is 36.5 Å². The van der Waals surface area contributed by atoms with Gasteiger partial charge in [0.05, 0.1) is 39.9 Å². The summed E-state index contributed by atoms with van der Waals surface area (Å²) in [4.78, 5) is 25.6. The Morgan fingerprint density at radius 3 is 0.964 bits per heavy atom. The molecule has 0 saturated carbocycles. The lowest BCUT2D eigenvalue weighted by atomic mass is 10.0. The van der Waals surface area contributed by atoms with E-state index in [0.717, 1.165) is 44.9 Å².